The van der Waals surface area contributed by atoms with Gasteiger partial charge < -0.3 is 9.63 Å². The highest BCUT2D eigenvalue weighted by Gasteiger charge is 2.53. The summed E-state index contributed by atoms with van der Waals surface area (Å²) >= 11 is 0. The minimum absolute atomic E-state index is 0.0218. The van der Waals surface area contributed by atoms with Gasteiger partial charge in [-0.25, -0.2) is 0 Å². The monoisotopic (exact) mass is 328 g/mol. The zero-order valence-corrected chi connectivity index (χ0v) is 16.3. The highest BCUT2D eigenvalue weighted by Crippen LogP contribution is 2.60. The Hall–Kier alpha value is 0.350. The van der Waals surface area contributed by atoms with Crippen molar-refractivity contribution in [3.8, 4) is 0 Å². The molecule has 0 saturated heterocycles. The van der Waals surface area contributed by atoms with Gasteiger partial charge in [-0.15, -0.1) is 0 Å². The summed E-state index contributed by atoms with van der Waals surface area (Å²) in [6, 6.07) is 0. The lowest BCUT2D eigenvalue weighted by molar-refractivity contribution is -0.0422. The number of fused-ring (bicyclic) bond motifs is 1. The van der Waals surface area contributed by atoms with Crippen LogP contribution >= 0.6 is 9.47 Å². The van der Waals surface area contributed by atoms with E-state index in [1.807, 2.05) is 0 Å². The van der Waals surface area contributed by atoms with E-state index in [-0.39, 0.29) is 11.7 Å². The summed E-state index contributed by atoms with van der Waals surface area (Å²) in [6.07, 6.45) is 11.1. The van der Waals surface area contributed by atoms with Crippen molar-refractivity contribution in [3.05, 3.63) is 0 Å². The molecule has 2 rings (SSSR count). The third-order valence-corrected chi connectivity index (χ3v) is 7.61. The topological polar surface area (TPSA) is 29.5 Å². The summed E-state index contributed by atoms with van der Waals surface area (Å²) in [6.45, 7) is 9.16. The van der Waals surface area contributed by atoms with Crippen molar-refractivity contribution in [1.29, 1.82) is 0 Å². The van der Waals surface area contributed by atoms with E-state index >= 15 is 0 Å². The maximum atomic E-state index is 10.5. The molecule has 0 radical (unpaired) electrons. The third kappa shape index (κ3) is 3.70. The van der Waals surface area contributed by atoms with Crippen LogP contribution < -0.4 is 0 Å². The SMILES string of the molecule is CC[C@]12CCCC(O)C1CC[C@@H]2C(C)CCCC(C)(C)OP. The van der Waals surface area contributed by atoms with Crippen molar-refractivity contribution in [3.63, 3.8) is 0 Å². The summed E-state index contributed by atoms with van der Waals surface area (Å²) in [4.78, 5) is 0. The molecule has 4 unspecified atom stereocenters. The van der Waals surface area contributed by atoms with E-state index in [4.69, 9.17) is 4.52 Å². The van der Waals surface area contributed by atoms with Crippen LogP contribution in [0.4, 0.5) is 0 Å². The molecule has 2 nitrogen and oxygen atoms in total. The Morgan fingerprint density at radius 2 is 2.05 bits per heavy atom. The van der Waals surface area contributed by atoms with Gasteiger partial charge in [0, 0.05) is 9.47 Å². The summed E-state index contributed by atoms with van der Waals surface area (Å²) in [5.41, 5.74) is 0.412. The van der Waals surface area contributed by atoms with Gasteiger partial charge >= 0.3 is 0 Å². The van der Waals surface area contributed by atoms with E-state index in [1.54, 1.807) is 0 Å². The van der Waals surface area contributed by atoms with E-state index in [0.29, 0.717) is 11.3 Å². The lowest BCUT2D eigenvalue weighted by Gasteiger charge is -2.47. The fourth-order valence-electron chi connectivity index (χ4n) is 5.66. The standard InChI is InChI=1S/C19H37O2P/c1-5-19-13-7-9-17(20)16(19)11-10-15(19)14(2)8-6-12-18(3,4)21-22/h14-17,20H,5-13,22H2,1-4H3/t14?,15-,16?,17?,19-/m1/s1. The quantitative estimate of drug-likeness (QED) is 0.639. The fourth-order valence-corrected chi connectivity index (χ4v) is 5.78. The molecule has 0 amide bonds. The van der Waals surface area contributed by atoms with Gasteiger partial charge in [0.05, 0.1) is 11.7 Å². The Balaban J connectivity index is 1.96. The van der Waals surface area contributed by atoms with Crippen molar-refractivity contribution in [2.75, 3.05) is 0 Å². The van der Waals surface area contributed by atoms with E-state index in [0.717, 1.165) is 24.7 Å². The van der Waals surface area contributed by atoms with Crippen molar-refractivity contribution in [2.24, 2.45) is 23.2 Å². The average molecular weight is 328 g/mol. The van der Waals surface area contributed by atoms with E-state index in [2.05, 4.69) is 37.2 Å². The third-order valence-electron chi connectivity index (χ3n) is 6.97. The second-order valence-electron chi connectivity index (χ2n) is 8.58. The van der Waals surface area contributed by atoms with Gasteiger partial charge in [-0.2, -0.15) is 0 Å². The first-order chi connectivity index (χ1) is 10.4. The summed E-state index contributed by atoms with van der Waals surface area (Å²) in [5, 5.41) is 10.5. The molecule has 0 bridgehead atoms. The van der Waals surface area contributed by atoms with Crippen molar-refractivity contribution < 1.29 is 9.63 Å². The van der Waals surface area contributed by atoms with Gasteiger partial charge in [0.25, 0.3) is 0 Å². The normalized spacial score (nSPS) is 37.1. The maximum Gasteiger partial charge on any atom is 0.0662 e. The number of aliphatic hydroxyl groups excluding tert-OH is 1. The van der Waals surface area contributed by atoms with Crippen LogP contribution in [0.25, 0.3) is 0 Å². The highest BCUT2D eigenvalue weighted by molar-refractivity contribution is 7.09. The minimum atomic E-state index is -0.0321. The van der Waals surface area contributed by atoms with Gasteiger partial charge in [0.1, 0.15) is 0 Å². The van der Waals surface area contributed by atoms with Crippen LogP contribution in [0.1, 0.15) is 85.5 Å². The molecule has 0 aromatic rings. The van der Waals surface area contributed by atoms with Crippen LogP contribution in [-0.2, 0) is 4.52 Å². The molecular formula is C19H37O2P. The Labute approximate surface area is 140 Å². The van der Waals surface area contributed by atoms with Crippen LogP contribution in [0.5, 0.6) is 0 Å². The van der Waals surface area contributed by atoms with Gasteiger partial charge in [0.15, 0.2) is 0 Å². The van der Waals surface area contributed by atoms with Gasteiger partial charge in [0.2, 0.25) is 0 Å². The lowest BCUT2D eigenvalue weighted by Crippen LogP contribution is -2.43. The molecule has 0 aromatic carbocycles. The van der Waals surface area contributed by atoms with Crippen LogP contribution in [0.15, 0.2) is 0 Å². The van der Waals surface area contributed by atoms with Crippen molar-refractivity contribution in [2.45, 2.75) is 97.2 Å². The smallest absolute Gasteiger partial charge is 0.0662 e. The molecule has 1 N–H and O–H groups in total. The highest BCUT2D eigenvalue weighted by atomic mass is 31.0. The molecule has 2 fully saturated rings. The fraction of sp³-hybridized carbons (Fsp3) is 1.00. The number of hydrogen-bond acceptors (Lipinski definition) is 2. The van der Waals surface area contributed by atoms with E-state index in [1.165, 1.54) is 44.9 Å². The molecule has 2 saturated carbocycles. The first-order valence-corrected chi connectivity index (χ1v) is 9.89. The molecule has 0 spiro atoms. The molecule has 0 heterocycles. The zero-order valence-electron chi connectivity index (χ0n) is 15.1. The first kappa shape index (κ1) is 18.7. The molecule has 22 heavy (non-hydrogen) atoms. The molecule has 2 aliphatic rings. The van der Waals surface area contributed by atoms with E-state index < -0.39 is 0 Å². The van der Waals surface area contributed by atoms with Crippen LogP contribution in [-0.4, -0.2) is 16.8 Å². The van der Waals surface area contributed by atoms with Crippen molar-refractivity contribution in [1.82, 2.24) is 0 Å². The summed E-state index contributed by atoms with van der Waals surface area (Å²) < 4.78 is 5.47. The van der Waals surface area contributed by atoms with Crippen LogP contribution in [0.2, 0.25) is 0 Å². The number of aliphatic hydroxyl groups is 1. The predicted molar refractivity (Wildman–Crippen MR) is 96.7 cm³/mol. The second kappa shape index (κ2) is 7.49. The summed E-state index contributed by atoms with van der Waals surface area (Å²) in [7, 11) is 2.41. The first-order valence-electron chi connectivity index (χ1n) is 9.42. The van der Waals surface area contributed by atoms with Crippen molar-refractivity contribution >= 4 is 9.47 Å². The van der Waals surface area contributed by atoms with Gasteiger partial charge in [-0.1, -0.05) is 33.1 Å². The molecule has 0 aliphatic heterocycles. The Morgan fingerprint density at radius 3 is 2.68 bits per heavy atom. The summed E-state index contributed by atoms with van der Waals surface area (Å²) in [5.74, 6) is 2.17. The Morgan fingerprint density at radius 1 is 1.32 bits per heavy atom. The molecule has 130 valence electrons. The Kier molecular flexibility index (Phi) is 6.36. The van der Waals surface area contributed by atoms with E-state index in [9.17, 15) is 5.11 Å². The molecule has 0 aromatic heterocycles. The Bertz CT molecular complexity index is 357. The maximum absolute atomic E-state index is 10.5. The average Bonchev–Trinajstić information content (AvgIpc) is 2.88. The largest absolute Gasteiger partial charge is 0.393 e. The second-order valence-corrected chi connectivity index (χ2v) is 8.82. The number of hydrogen-bond donors (Lipinski definition) is 1. The molecule has 3 heteroatoms. The van der Waals surface area contributed by atoms with Crippen LogP contribution in [0.3, 0.4) is 0 Å². The van der Waals surface area contributed by atoms with Gasteiger partial charge in [-0.3, -0.25) is 0 Å². The molecule has 2 aliphatic carbocycles. The molecule has 6 atom stereocenters. The van der Waals surface area contributed by atoms with Gasteiger partial charge in [-0.05, 0) is 75.5 Å². The predicted octanol–water partition coefficient (Wildman–Crippen LogP) is 5.35. The van der Waals surface area contributed by atoms with Crippen LogP contribution in [0, 0.1) is 23.2 Å². The lowest BCUT2D eigenvalue weighted by atomic mass is 9.59. The number of rotatable bonds is 7. The zero-order chi connectivity index (χ0) is 16.4. The molecular weight excluding hydrogens is 291 g/mol. The minimum Gasteiger partial charge on any atom is -0.393 e.